The molecule has 0 aliphatic carbocycles. The first-order valence-corrected chi connectivity index (χ1v) is 11.9. The lowest BCUT2D eigenvalue weighted by atomic mass is 10.1. The maximum absolute atomic E-state index is 13.2. The van der Waals surface area contributed by atoms with E-state index in [1.54, 1.807) is 49.8 Å². The molecule has 3 rings (SSSR count). The van der Waals surface area contributed by atoms with Crippen molar-refractivity contribution in [3.8, 4) is 11.5 Å². The molecular weight excluding hydrogens is 442 g/mol. The van der Waals surface area contributed by atoms with Crippen LogP contribution in [0.1, 0.15) is 41.4 Å². The second-order valence-corrected chi connectivity index (χ2v) is 9.02. The number of carbonyl (C=O) groups is 1. The standard InChI is InChI=1S/C24H27N3O5S/c1-4-31-23-14-20(10-11-22(23)32-16-18-7-6-12-26-15-18)24(28)27(3)17(2)19-8-5-9-21(13-19)33(25,29)30/h5-15,17H,4,16H2,1-3H3,(H2,25,29,30). The van der Waals surface area contributed by atoms with Crippen LogP contribution in [0.25, 0.3) is 0 Å². The summed E-state index contributed by atoms with van der Waals surface area (Å²) in [6.45, 7) is 4.40. The number of amides is 1. The minimum absolute atomic E-state index is 0.00134. The lowest BCUT2D eigenvalue weighted by Crippen LogP contribution is -2.29. The summed E-state index contributed by atoms with van der Waals surface area (Å²) in [5, 5.41) is 5.24. The Bertz CT molecular complexity index is 1220. The molecule has 0 aliphatic rings. The predicted octanol–water partition coefficient (Wildman–Crippen LogP) is 3.54. The number of pyridine rings is 1. The maximum Gasteiger partial charge on any atom is 0.254 e. The molecule has 1 heterocycles. The van der Waals surface area contributed by atoms with Crippen molar-refractivity contribution in [3.63, 3.8) is 0 Å². The van der Waals surface area contributed by atoms with Crippen LogP contribution in [0.15, 0.2) is 71.9 Å². The summed E-state index contributed by atoms with van der Waals surface area (Å²) in [4.78, 5) is 18.8. The molecule has 8 nitrogen and oxygen atoms in total. The van der Waals surface area contributed by atoms with Crippen molar-refractivity contribution in [1.29, 1.82) is 0 Å². The molecule has 1 atom stereocenters. The van der Waals surface area contributed by atoms with Gasteiger partial charge < -0.3 is 14.4 Å². The van der Waals surface area contributed by atoms with E-state index in [2.05, 4.69) is 4.98 Å². The van der Waals surface area contributed by atoms with E-state index >= 15 is 0 Å². The summed E-state index contributed by atoms with van der Waals surface area (Å²) in [5.41, 5.74) is 1.98. The van der Waals surface area contributed by atoms with Crippen molar-refractivity contribution in [2.75, 3.05) is 13.7 Å². The normalized spacial score (nSPS) is 12.1. The molecule has 33 heavy (non-hydrogen) atoms. The zero-order valence-corrected chi connectivity index (χ0v) is 19.6. The molecule has 0 saturated carbocycles. The minimum atomic E-state index is -3.84. The SMILES string of the molecule is CCOc1cc(C(=O)N(C)C(C)c2cccc(S(N)(=O)=O)c2)ccc1OCc1cccnc1. The van der Waals surface area contributed by atoms with Gasteiger partial charge in [0.2, 0.25) is 10.0 Å². The molecule has 1 aromatic heterocycles. The fraction of sp³-hybridized carbons (Fsp3) is 0.250. The van der Waals surface area contributed by atoms with Crippen molar-refractivity contribution in [1.82, 2.24) is 9.88 Å². The van der Waals surface area contributed by atoms with Gasteiger partial charge in [0.25, 0.3) is 5.91 Å². The van der Waals surface area contributed by atoms with Gasteiger partial charge in [-0.05, 0) is 55.8 Å². The maximum atomic E-state index is 13.2. The average molecular weight is 470 g/mol. The molecule has 0 saturated heterocycles. The third kappa shape index (κ3) is 6.09. The third-order valence-electron chi connectivity index (χ3n) is 5.18. The average Bonchev–Trinajstić information content (AvgIpc) is 2.82. The van der Waals surface area contributed by atoms with Gasteiger partial charge >= 0.3 is 0 Å². The summed E-state index contributed by atoms with van der Waals surface area (Å²) in [5.74, 6) is 0.738. The van der Waals surface area contributed by atoms with Gasteiger partial charge in [0.05, 0.1) is 17.5 Å². The Labute approximate surface area is 194 Å². The van der Waals surface area contributed by atoms with Gasteiger partial charge in [-0.15, -0.1) is 0 Å². The van der Waals surface area contributed by atoms with E-state index in [4.69, 9.17) is 14.6 Å². The number of nitrogens with two attached hydrogens (primary N) is 1. The molecule has 0 aliphatic heterocycles. The molecule has 1 amide bonds. The number of rotatable bonds is 9. The van der Waals surface area contributed by atoms with Crippen molar-refractivity contribution < 1.29 is 22.7 Å². The molecule has 0 fully saturated rings. The fourth-order valence-electron chi connectivity index (χ4n) is 3.23. The quantitative estimate of drug-likeness (QED) is 0.513. The third-order valence-corrected chi connectivity index (χ3v) is 6.09. The first-order valence-electron chi connectivity index (χ1n) is 10.4. The molecule has 1 unspecified atom stereocenters. The second kappa shape index (κ2) is 10.5. The summed E-state index contributed by atoms with van der Waals surface area (Å²) >= 11 is 0. The lowest BCUT2D eigenvalue weighted by molar-refractivity contribution is 0.0742. The molecule has 9 heteroatoms. The molecule has 174 valence electrons. The molecule has 0 radical (unpaired) electrons. The number of aromatic nitrogens is 1. The Morgan fingerprint density at radius 1 is 1.09 bits per heavy atom. The van der Waals surface area contributed by atoms with Crippen LogP contribution in [0, 0.1) is 0 Å². The summed E-state index contributed by atoms with van der Waals surface area (Å²) in [6.07, 6.45) is 3.41. The number of sulfonamides is 1. The van der Waals surface area contributed by atoms with Crippen molar-refractivity contribution >= 4 is 15.9 Å². The van der Waals surface area contributed by atoms with E-state index in [0.29, 0.717) is 35.8 Å². The van der Waals surface area contributed by atoms with Crippen LogP contribution in [0.4, 0.5) is 0 Å². The fourth-order valence-corrected chi connectivity index (χ4v) is 3.80. The number of hydrogen-bond donors (Lipinski definition) is 1. The number of nitrogens with zero attached hydrogens (tertiary/aromatic N) is 2. The summed E-state index contributed by atoms with van der Waals surface area (Å²) in [6, 6.07) is 14.6. The topological polar surface area (TPSA) is 112 Å². The van der Waals surface area contributed by atoms with E-state index in [0.717, 1.165) is 5.56 Å². The van der Waals surface area contributed by atoms with Gasteiger partial charge in [-0.25, -0.2) is 13.6 Å². The molecule has 3 aromatic rings. The smallest absolute Gasteiger partial charge is 0.254 e. The highest BCUT2D eigenvalue weighted by atomic mass is 32.2. The molecule has 0 spiro atoms. The number of hydrogen-bond acceptors (Lipinski definition) is 6. The van der Waals surface area contributed by atoms with Crippen LogP contribution in [-0.4, -0.2) is 37.9 Å². The first kappa shape index (κ1) is 24.2. The zero-order chi connectivity index (χ0) is 24.0. The van der Waals surface area contributed by atoms with E-state index in [1.165, 1.54) is 17.0 Å². The van der Waals surface area contributed by atoms with Gasteiger partial charge in [-0.3, -0.25) is 9.78 Å². The first-order chi connectivity index (χ1) is 15.7. The number of ether oxygens (including phenoxy) is 2. The van der Waals surface area contributed by atoms with Gasteiger partial charge in [0, 0.05) is 30.6 Å². The molecule has 2 N–H and O–H groups in total. The Morgan fingerprint density at radius 3 is 2.55 bits per heavy atom. The van der Waals surface area contributed by atoms with E-state index < -0.39 is 16.1 Å². The highest BCUT2D eigenvalue weighted by Gasteiger charge is 2.22. The van der Waals surface area contributed by atoms with Gasteiger partial charge in [-0.2, -0.15) is 0 Å². The van der Waals surface area contributed by atoms with E-state index in [1.807, 2.05) is 26.0 Å². The largest absolute Gasteiger partial charge is 0.490 e. The van der Waals surface area contributed by atoms with Crippen LogP contribution < -0.4 is 14.6 Å². The van der Waals surface area contributed by atoms with Crippen molar-refractivity contribution in [2.24, 2.45) is 5.14 Å². The molecular formula is C24H27N3O5S. The summed E-state index contributed by atoms with van der Waals surface area (Å²) < 4.78 is 34.9. The van der Waals surface area contributed by atoms with Gasteiger partial charge in [-0.1, -0.05) is 18.2 Å². The van der Waals surface area contributed by atoms with Crippen LogP contribution in [-0.2, 0) is 16.6 Å². The van der Waals surface area contributed by atoms with Gasteiger partial charge in [0.1, 0.15) is 6.61 Å². The second-order valence-electron chi connectivity index (χ2n) is 7.45. The Kier molecular flexibility index (Phi) is 7.67. The lowest BCUT2D eigenvalue weighted by Gasteiger charge is -2.26. The Hall–Kier alpha value is -3.43. The number of carbonyl (C=O) groups excluding carboxylic acids is 1. The van der Waals surface area contributed by atoms with Crippen LogP contribution >= 0.6 is 0 Å². The van der Waals surface area contributed by atoms with Gasteiger partial charge in [0.15, 0.2) is 11.5 Å². The predicted molar refractivity (Wildman–Crippen MR) is 125 cm³/mol. The number of benzene rings is 2. The van der Waals surface area contributed by atoms with Crippen LogP contribution in [0.2, 0.25) is 0 Å². The Morgan fingerprint density at radius 2 is 1.88 bits per heavy atom. The molecule has 0 bridgehead atoms. The summed E-state index contributed by atoms with van der Waals surface area (Å²) in [7, 11) is -2.18. The Balaban J connectivity index is 1.80. The van der Waals surface area contributed by atoms with E-state index in [9.17, 15) is 13.2 Å². The van der Waals surface area contributed by atoms with Crippen molar-refractivity contribution in [2.45, 2.75) is 31.4 Å². The van der Waals surface area contributed by atoms with Crippen molar-refractivity contribution in [3.05, 3.63) is 83.7 Å². The monoisotopic (exact) mass is 469 g/mol. The number of primary sulfonamides is 1. The zero-order valence-electron chi connectivity index (χ0n) is 18.8. The highest BCUT2D eigenvalue weighted by Crippen LogP contribution is 2.31. The highest BCUT2D eigenvalue weighted by molar-refractivity contribution is 7.89. The van der Waals surface area contributed by atoms with Crippen LogP contribution in [0.3, 0.4) is 0 Å². The molecule has 2 aromatic carbocycles. The van der Waals surface area contributed by atoms with Crippen LogP contribution in [0.5, 0.6) is 11.5 Å². The minimum Gasteiger partial charge on any atom is -0.490 e. The van der Waals surface area contributed by atoms with E-state index in [-0.39, 0.29) is 10.8 Å².